The SMILES string of the molecule is CC(=O)C[C@@H](C)C(=O)[O-]. The highest BCUT2D eigenvalue weighted by atomic mass is 16.4. The highest BCUT2D eigenvalue weighted by Gasteiger charge is 2.04. The first-order valence-electron chi connectivity index (χ1n) is 2.74. The largest absolute Gasteiger partial charge is 0.550 e. The van der Waals surface area contributed by atoms with E-state index in [2.05, 4.69) is 0 Å². The van der Waals surface area contributed by atoms with Gasteiger partial charge >= 0.3 is 0 Å². The van der Waals surface area contributed by atoms with Crippen molar-refractivity contribution in [3.63, 3.8) is 0 Å². The van der Waals surface area contributed by atoms with E-state index in [0.717, 1.165) is 0 Å². The molecular weight excluding hydrogens is 120 g/mol. The van der Waals surface area contributed by atoms with E-state index in [1.54, 1.807) is 0 Å². The van der Waals surface area contributed by atoms with Gasteiger partial charge in [0, 0.05) is 18.3 Å². The topological polar surface area (TPSA) is 57.2 Å². The van der Waals surface area contributed by atoms with Crippen LogP contribution < -0.4 is 5.11 Å². The first-order valence-corrected chi connectivity index (χ1v) is 2.74. The van der Waals surface area contributed by atoms with Gasteiger partial charge in [-0.15, -0.1) is 0 Å². The third-order valence-electron chi connectivity index (χ3n) is 0.996. The smallest absolute Gasteiger partial charge is 0.130 e. The van der Waals surface area contributed by atoms with Gasteiger partial charge in [-0.05, 0) is 6.92 Å². The summed E-state index contributed by atoms with van der Waals surface area (Å²) in [4.78, 5) is 20.2. The molecule has 3 heteroatoms. The molecule has 0 radical (unpaired) electrons. The Kier molecular flexibility index (Phi) is 2.91. The Morgan fingerprint density at radius 2 is 2.00 bits per heavy atom. The highest BCUT2D eigenvalue weighted by molar-refractivity contribution is 5.80. The molecule has 52 valence electrons. The Morgan fingerprint density at radius 1 is 1.56 bits per heavy atom. The number of carbonyl (C=O) groups is 2. The number of carboxylic acid groups (broad SMARTS) is 1. The van der Waals surface area contributed by atoms with Crippen LogP contribution in [-0.2, 0) is 9.59 Å². The fourth-order valence-electron chi connectivity index (χ4n) is 0.515. The zero-order valence-electron chi connectivity index (χ0n) is 5.51. The summed E-state index contributed by atoms with van der Waals surface area (Å²) in [7, 11) is 0. The van der Waals surface area contributed by atoms with E-state index in [1.807, 2.05) is 0 Å². The first kappa shape index (κ1) is 8.14. The zero-order valence-corrected chi connectivity index (χ0v) is 5.51. The van der Waals surface area contributed by atoms with Gasteiger partial charge in [-0.2, -0.15) is 0 Å². The molecule has 0 aromatic rings. The quantitative estimate of drug-likeness (QED) is 0.509. The number of rotatable bonds is 3. The standard InChI is InChI=1S/C6H10O3/c1-4(6(8)9)3-5(2)7/h4H,3H2,1-2H3,(H,8,9)/p-1/t4-/m1/s1. The Hall–Kier alpha value is -0.860. The average Bonchev–Trinajstić information content (AvgIpc) is 1.63. The molecule has 0 rings (SSSR count). The van der Waals surface area contributed by atoms with Gasteiger partial charge in [0.05, 0.1) is 0 Å². The molecule has 0 aliphatic heterocycles. The van der Waals surface area contributed by atoms with Crippen LogP contribution in [0.3, 0.4) is 0 Å². The lowest BCUT2D eigenvalue weighted by Crippen LogP contribution is -2.30. The Bertz CT molecular complexity index is 128. The Morgan fingerprint density at radius 3 is 2.11 bits per heavy atom. The van der Waals surface area contributed by atoms with E-state index < -0.39 is 11.9 Å². The van der Waals surface area contributed by atoms with Crippen molar-refractivity contribution in [3.05, 3.63) is 0 Å². The Balaban J connectivity index is 3.63. The molecule has 0 bridgehead atoms. The van der Waals surface area contributed by atoms with Crippen molar-refractivity contribution >= 4 is 11.8 Å². The molecule has 0 fully saturated rings. The maximum Gasteiger partial charge on any atom is 0.130 e. The first-order chi connectivity index (χ1) is 4.04. The minimum atomic E-state index is -1.16. The summed E-state index contributed by atoms with van der Waals surface area (Å²) in [6.07, 6.45) is 0.0718. The van der Waals surface area contributed by atoms with Crippen molar-refractivity contribution in [2.45, 2.75) is 20.3 Å². The van der Waals surface area contributed by atoms with Crippen LogP contribution in [0.5, 0.6) is 0 Å². The second-order valence-corrected chi connectivity index (χ2v) is 2.13. The summed E-state index contributed by atoms with van der Waals surface area (Å²) in [6, 6.07) is 0. The lowest BCUT2D eigenvalue weighted by Gasteiger charge is -2.08. The Labute approximate surface area is 53.7 Å². The van der Waals surface area contributed by atoms with Crippen LogP contribution in [-0.4, -0.2) is 11.8 Å². The molecule has 3 nitrogen and oxygen atoms in total. The number of carbonyl (C=O) groups excluding carboxylic acids is 2. The van der Waals surface area contributed by atoms with Crippen LogP contribution in [0.4, 0.5) is 0 Å². The predicted molar refractivity (Wildman–Crippen MR) is 29.5 cm³/mol. The maximum atomic E-state index is 10.3. The molecule has 0 spiro atoms. The molecule has 1 atom stereocenters. The lowest BCUT2D eigenvalue weighted by atomic mass is 10.1. The molecular formula is C6H9O3-. The normalized spacial score (nSPS) is 12.7. The van der Waals surface area contributed by atoms with Gasteiger partial charge in [0.25, 0.3) is 0 Å². The highest BCUT2D eigenvalue weighted by Crippen LogP contribution is 1.99. The number of hydrogen-bond acceptors (Lipinski definition) is 3. The van der Waals surface area contributed by atoms with Crippen LogP contribution in [0.25, 0.3) is 0 Å². The summed E-state index contributed by atoms with van der Waals surface area (Å²) in [5.41, 5.74) is 0. The predicted octanol–water partition coefficient (Wildman–Crippen LogP) is -0.649. The molecule has 0 aromatic heterocycles. The summed E-state index contributed by atoms with van der Waals surface area (Å²) in [5, 5.41) is 9.97. The van der Waals surface area contributed by atoms with E-state index in [0.29, 0.717) is 0 Å². The van der Waals surface area contributed by atoms with E-state index in [4.69, 9.17) is 0 Å². The van der Waals surface area contributed by atoms with Gasteiger partial charge in [0.1, 0.15) is 5.78 Å². The van der Waals surface area contributed by atoms with E-state index in [1.165, 1.54) is 13.8 Å². The second kappa shape index (κ2) is 3.22. The van der Waals surface area contributed by atoms with Crippen molar-refractivity contribution in [3.8, 4) is 0 Å². The molecule has 0 saturated heterocycles. The van der Waals surface area contributed by atoms with Gasteiger partial charge in [-0.3, -0.25) is 0 Å². The summed E-state index contributed by atoms with van der Waals surface area (Å²) >= 11 is 0. The van der Waals surface area contributed by atoms with E-state index in [-0.39, 0.29) is 12.2 Å². The molecule has 0 saturated carbocycles. The molecule has 9 heavy (non-hydrogen) atoms. The maximum absolute atomic E-state index is 10.3. The number of ketones is 1. The third kappa shape index (κ3) is 3.70. The van der Waals surface area contributed by atoms with Crippen molar-refractivity contribution in [1.82, 2.24) is 0 Å². The van der Waals surface area contributed by atoms with Crippen LogP contribution in [0, 0.1) is 5.92 Å². The van der Waals surface area contributed by atoms with Crippen LogP contribution in [0.1, 0.15) is 20.3 Å². The minimum absolute atomic E-state index is 0.0718. The summed E-state index contributed by atoms with van der Waals surface area (Å²) in [6.45, 7) is 2.82. The minimum Gasteiger partial charge on any atom is -0.550 e. The number of Topliss-reactive ketones (excluding diaryl/α,β-unsaturated/α-hetero) is 1. The monoisotopic (exact) mass is 129 g/mol. The van der Waals surface area contributed by atoms with Crippen molar-refractivity contribution < 1.29 is 14.7 Å². The van der Waals surface area contributed by atoms with Gasteiger partial charge < -0.3 is 14.7 Å². The number of hydrogen-bond donors (Lipinski definition) is 0. The van der Waals surface area contributed by atoms with Crippen molar-refractivity contribution in [2.24, 2.45) is 5.92 Å². The molecule has 0 N–H and O–H groups in total. The van der Waals surface area contributed by atoms with Gasteiger partial charge in [0.2, 0.25) is 0 Å². The zero-order chi connectivity index (χ0) is 7.44. The van der Waals surface area contributed by atoms with E-state index in [9.17, 15) is 14.7 Å². The summed E-state index contributed by atoms with van der Waals surface area (Å²) in [5.74, 6) is -1.93. The average molecular weight is 129 g/mol. The second-order valence-electron chi connectivity index (χ2n) is 2.13. The molecule has 0 unspecified atom stereocenters. The molecule has 0 aliphatic rings. The van der Waals surface area contributed by atoms with Crippen LogP contribution in [0.15, 0.2) is 0 Å². The third-order valence-corrected chi connectivity index (χ3v) is 0.996. The molecule has 0 amide bonds. The molecule has 0 heterocycles. The van der Waals surface area contributed by atoms with Gasteiger partial charge in [-0.1, -0.05) is 6.92 Å². The fraction of sp³-hybridized carbons (Fsp3) is 0.667. The van der Waals surface area contributed by atoms with Crippen LogP contribution >= 0.6 is 0 Å². The summed E-state index contributed by atoms with van der Waals surface area (Å²) < 4.78 is 0. The molecule has 0 aromatic carbocycles. The number of aliphatic carboxylic acids is 1. The fourth-order valence-corrected chi connectivity index (χ4v) is 0.515. The van der Waals surface area contributed by atoms with Crippen LogP contribution in [0.2, 0.25) is 0 Å². The number of carboxylic acids is 1. The van der Waals surface area contributed by atoms with Gasteiger partial charge in [0.15, 0.2) is 0 Å². The van der Waals surface area contributed by atoms with Gasteiger partial charge in [-0.25, -0.2) is 0 Å². The lowest BCUT2D eigenvalue weighted by molar-refractivity contribution is -0.310. The van der Waals surface area contributed by atoms with E-state index >= 15 is 0 Å². The molecule has 0 aliphatic carbocycles. The van der Waals surface area contributed by atoms with Crippen molar-refractivity contribution in [1.29, 1.82) is 0 Å². The van der Waals surface area contributed by atoms with Crippen molar-refractivity contribution in [2.75, 3.05) is 0 Å².